The number of carbonyl (C=O) groups excluding carboxylic acids is 1. The highest BCUT2D eigenvalue weighted by Crippen LogP contribution is 2.28. The first-order valence-electron chi connectivity index (χ1n) is 5.89. The van der Waals surface area contributed by atoms with Gasteiger partial charge in [0.05, 0.1) is 0 Å². The summed E-state index contributed by atoms with van der Waals surface area (Å²) in [6.07, 6.45) is 3.46. The third-order valence-electron chi connectivity index (χ3n) is 3.21. The Morgan fingerprint density at radius 1 is 1.50 bits per heavy atom. The zero-order chi connectivity index (χ0) is 11.6. The standard InChI is InChI=1S/C13H18O2S/c1-3-10-5-6-11(16-10)9-12(14)13(2)7-4-8-15-13/h5-6H,3-4,7-9H2,1-2H3. The number of hydrogen-bond acceptors (Lipinski definition) is 3. The van der Waals surface area contributed by atoms with Crippen molar-refractivity contribution in [3.8, 4) is 0 Å². The second-order valence-corrected chi connectivity index (χ2v) is 5.76. The molecule has 0 bridgehead atoms. The molecule has 0 aliphatic carbocycles. The summed E-state index contributed by atoms with van der Waals surface area (Å²) in [5.41, 5.74) is -0.517. The van der Waals surface area contributed by atoms with E-state index in [0.29, 0.717) is 6.42 Å². The van der Waals surface area contributed by atoms with E-state index in [9.17, 15) is 4.79 Å². The Labute approximate surface area is 101 Å². The summed E-state index contributed by atoms with van der Waals surface area (Å²) in [6.45, 7) is 4.79. The Balaban J connectivity index is 2.01. The lowest BCUT2D eigenvalue weighted by molar-refractivity contribution is -0.136. The zero-order valence-electron chi connectivity index (χ0n) is 9.91. The van der Waals surface area contributed by atoms with E-state index in [1.807, 2.05) is 6.92 Å². The first-order valence-corrected chi connectivity index (χ1v) is 6.70. The Bertz CT molecular complexity index is 375. The molecule has 1 aromatic heterocycles. The first-order chi connectivity index (χ1) is 7.64. The molecule has 1 saturated heterocycles. The maximum atomic E-state index is 12.1. The van der Waals surface area contributed by atoms with Crippen LogP contribution in [0.3, 0.4) is 0 Å². The van der Waals surface area contributed by atoms with E-state index >= 15 is 0 Å². The molecule has 0 radical (unpaired) electrons. The number of rotatable bonds is 4. The van der Waals surface area contributed by atoms with Crippen LogP contribution in [0.25, 0.3) is 0 Å². The van der Waals surface area contributed by atoms with Crippen molar-refractivity contribution in [3.63, 3.8) is 0 Å². The first kappa shape index (κ1) is 11.8. The highest BCUT2D eigenvalue weighted by Gasteiger charge is 2.37. The summed E-state index contributed by atoms with van der Waals surface area (Å²) in [5, 5.41) is 0. The van der Waals surface area contributed by atoms with Crippen molar-refractivity contribution >= 4 is 17.1 Å². The molecule has 16 heavy (non-hydrogen) atoms. The zero-order valence-corrected chi connectivity index (χ0v) is 10.7. The molecule has 2 nitrogen and oxygen atoms in total. The molecule has 1 aliphatic rings. The third kappa shape index (κ3) is 2.36. The summed E-state index contributed by atoms with van der Waals surface area (Å²) < 4.78 is 5.56. The molecule has 2 rings (SSSR count). The van der Waals surface area contributed by atoms with Crippen LogP contribution in [-0.4, -0.2) is 18.0 Å². The van der Waals surface area contributed by atoms with Gasteiger partial charge >= 0.3 is 0 Å². The number of aryl methyl sites for hydroxylation is 1. The van der Waals surface area contributed by atoms with Crippen LogP contribution in [0.15, 0.2) is 12.1 Å². The minimum Gasteiger partial charge on any atom is -0.367 e. The molecule has 0 aromatic carbocycles. The molecule has 3 heteroatoms. The van der Waals surface area contributed by atoms with Gasteiger partial charge in [-0.15, -0.1) is 11.3 Å². The van der Waals surface area contributed by atoms with Gasteiger partial charge in [-0.2, -0.15) is 0 Å². The summed E-state index contributed by atoms with van der Waals surface area (Å²) in [6, 6.07) is 4.19. The van der Waals surface area contributed by atoms with Gasteiger partial charge in [-0.25, -0.2) is 0 Å². The number of thiophene rings is 1. The molecule has 88 valence electrons. The molecule has 1 unspecified atom stereocenters. The van der Waals surface area contributed by atoms with Crippen LogP contribution in [0, 0.1) is 0 Å². The maximum Gasteiger partial charge on any atom is 0.169 e. The topological polar surface area (TPSA) is 26.3 Å². The Morgan fingerprint density at radius 3 is 2.81 bits per heavy atom. The second kappa shape index (κ2) is 4.68. The lowest BCUT2D eigenvalue weighted by atomic mass is 9.95. The fourth-order valence-corrected chi connectivity index (χ4v) is 3.01. The highest BCUT2D eigenvalue weighted by atomic mass is 32.1. The molecular formula is C13H18O2S. The van der Waals surface area contributed by atoms with Gasteiger partial charge in [0.1, 0.15) is 5.60 Å². The van der Waals surface area contributed by atoms with Crippen LogP contribution in [0.4, 0.5) is 0 Å². The lowest BCUT2D eigenvalue weighted by Crippen LogP contribution is -2.35. The maximum absolute atomic E-state index is 12.1. The molecule has 1 aliphatic heterocycles. The summed E-state index contributed by atoms with van der Waals surface area (Å²) in [5.74, 6) is 0.231. The minimum absolute atomic E-state index is 0.231. The number of carbonyl (C=O) groups is 1. The molecule has 2 heterocycles. The Hall–Kier alpha value is -0.670. The lowest BCUT2D eigenvalue weighted by Gasteiger charge is -2.20. The van der Waals surface area contributed by atoms with Crippen LogP contribution in [0.5, 0.6) is 0 Å². The van der Waals surface area contributed by atoms with Crippen molar-refractivity contribution in [2.24, 2.45) is 0 Å². The summed E-state index contributed by atoms with van der Waals surface area (Å²) >= 11 is 1.74. The molecule has 0 N–H and O–H groups in total. The van der Waals surface area contributed by atoms with Gasteiger partial charge in [0.25, 0.3) is 0 Å². The highest BCUT2D eigenvalue weighted by molar-refractivity contribution is 7.12. The van der Waals surface area contributed by atoms with Gasteiger partial charge in [-0.3, -0.25) is 4.79 Å². The molecule has 1 atom stereocenters. The van der Waals surface area contributed by atoms with Crippen molar-refractivity contribution in [2.75, 3.05) is 6.61 Å². The van der Waals surface area contributed by atoms with E-state index in [-0.39, 0.29) is 5.78 Å². The van der Waals surface area contributed by atoms with Crippen LogP contribution < -0.4 is 0 Å². The van der Waals surface area contributed by atoms with Gasteiger partial charge in [0.2, 0.25) is 0 Å². The summed E-state index contributed by atoms with van der Waals surface area (Å²) in [7, 11) is 0. The fourth-order valence-electron chi connectivity index (χ4n) is 2.05. The monoisotopic (exact) mass is 238 g/mol. The van der Waals surface area contributed by atoms with E-state index in [0.717, 1.165) is 25.9 Å². The number of ether oxygens (including phenoxy) is 1. The van der Waals surface area contributed by atoms with E-state index in [4.69, 9.17) is 4.74 Å². The predicted octanol–water partition coefficient (Wildman–Crippen LogP) is 2.99. The normalized spacial score (nSPS) is 24.9. The average molecular weight is 238 g/mol. The molecule has 1 aromatic rings. The van der Waals surface area contributed by atoms with Crippen LogP contribution in [-0.2, 0) is 22.4 Å². The Morgan fingerprint density at radius 2 is 2.25 bits per heavy atom. The van der Waals surface area contributed by atoms with Crippen molar-refractivity contribution in [1.29, 1.82) is 0 Å². The summed E-state index contributed by atoms with van der Waals surface area (Å²) in [4.78, 5) is 14.6. The van der Waals surface area contributed by atoms with Crippen LogP contribution in [0.1, 0.15) is 36.4 Å². The van der Waals surface area contributed by atoms with E-state index < -0.39 is 5.60 Å². The van der Waals surface area contributed by atoms with E-state index in [2.05, 4.69) is 19.1 Å². The van der Waals surface area contributed by atoms with Crippen molar-refractivity contribution in [3.05, 3.63) is 21.9 Å². The molecule has 0 saturated carbocycles. The fraction of sp³-hybridized carbons (Fsp3) is 0.615. The minimum atomic E-state index is -0.517. The van der Waals surface area contributed by atoms with E-state index in [1.54, 1.807) is 11.3 Å². The molecular weight excluding hydrogens is 220 g/mol. The van der Waals surface area contributed by atoms with Crippen molar-refractivity contribution in [2.45, 2.75) is 45.1 Å². The smallest absolute Gasteiger partial charge is 0.169 e. The van der Waals surface area contributed by atoms with Crippen LogP contribution in [0.2, 0.25) is 0 Å². The van der Waals surface area contributed by atoms with Gasteiger partial charge in [-0.1, -0.05) is 6.92 Å². The van der Waals surface area contributed by atoms with Gasteiger partial charge in [-0.05, 0) is 38.3 Å². The molecule has 0 spiro atoms. The van der Waals surface area contributed by atoms with Gasteiger partial charge in [0.15, 0.2) is 5.78 Å². The molecule has 1 fully saturated rings. The number of ketones is 1. The Kier molecular flexibility index (Phi) is 3.45. The average Bonchev–Trinajstić information content (AvgIpc) is 2.88. The van der Waals surface area contributed by atoms with Crippen LogP contribution >= 0.6 is 11.3 Å². The number of Topliss-reactive ketones (excluding diaryl/α,β-unsaturated/α-hetero) is 1. The largest absolute Gasteiger partial charge is 0.367 e. The van der Waals surface area contributed by atoms with Gasteiger partial charge in [0, 0.05) is 22.8 Å². The van der Waals surface area contributed by atoms with Crippen molar-refractivity contribution in [1.82, 2.24) is 0 Å². The molecule has 0 amide bonds. The van der Waals surface area contributed by atoms with Gasteiger partial charge < -0.3 is 4.74 Å². The second-order valence-electron chi connectivity index (χ2n) is 4.50. The number of hydrogen-bond donors (Lipinski definition) is 0. The predicted molar refractivity (Wildman–Crippen MR) is 66.0 cm³/mol. The van der Waals surface area contributed by atoms with E-state index in [1.165, 1.54) is 9.75 Å². The SMILES string of the molecule is CCc1ccc(CC(=O)C2(C)CCCO2)s1. The quantitative estimate of drug-likeness (QED) is 0.806. The third-order valence-corrected chi connectivity index (χ3v) is 4.44. The van der Waals surface area contributed by atoms with Crippen molar-refractivity contribution < 1.29 is 9.53 Å².